The van der Waals surface area contributed by atoms with E-state index >= 15 is 0 Å². The van der Waals surface area contributed by atoms with Crippen LogP contribution in [0.15, 0.2) is 29.3 Å². The Morgan fingerprint density at radius 2 is 2.15 bits per heavy atom. The summed E-state index contributed by atoms with van der Waals surface area (Å²) in [5.74, 6) is 0.731. The third-order valence-electron chi connectivity index (χ3n) is 4.56. The molecule has 0 spiro atoms. The van der Waals surface area contributed by atoms with Gasteiger partial charge < -0.3 is 20.3 Å². The molecule has 0 radical (unpaired) electrons. The zero-order valence-electron chi connectivity index (χ0n) is 16.0. The summed E-state index contributed by atoms with van der Waals surface area (Å²) in [5.41, 5.74) is 0.961. The van der Waals surface area contributed by atoms with Gasteiger partial charge in [0, 0.05) is 65.1 Å². The van der Waals surface area contributed by atoms with Crippen molar-refractivity contribution in [3.63, 3.8) is 0 Å². The Balaban J connectivity index is 0.00000364. The number of hydrogen-bond donors (Lipinski definition) is 2. The van der Waals surface area contributed by atoms with Crippen LogP contribution in [0.5, 0.6) is 0 Å². The van der Waals surface area contributed by atoms with Crippen molar-refractivity contribution in [1.29, 1.82) is 0 Å². The molecule has 0 saturated carbocycles. The van der Waals surface area contributed by atoms with Gasteiger partial charge >= 0.3 is 0 Å². The molecule has 1 aliphatic heterocycles. The van der Waals surface area contributed by atoms with Crippen molar-refractivity contribution in [2.45, 2.75) is 31.8 Å². The zero-order chi connectivity index (χ0) is 18.8. The predicted molar refractivity (Wildman–Crippen MR) is 118 cm³/mol. The highest BCUT2D eigenvalue weighted by molar-refractivity contribution is 14.0. The number of hydrogen-bond acceptors (Lipinski definition) is 5. The Kier molecular flexibility index (Phi) is 11.2. The first kappa shape index (κ1) is 23.6. The molecular weight excluding hydrogens is 461 g/mol. The average Bonchev–Trinajstić information content (AvgIpc) is 2.66. The molecule has 1 fully saturated rings. The number of nitrogens with zero attached hydrogens (tertiary/aromatic N) is 3. The normalized spacial score (nSPS) is 15.9. The van der Waals surface area contributed by atoms with Crippen molar-refractivity contribution >= 4 is 35.6 Å². The molecule has 0 bridgehead atoms. The summed E-state index contributed by atoms with van der Waals surface area (Å²) >= 11 is 0. The van der Waals surface area contributed by atoms with E-state index in [1.54, 1.807) is 26.3 Å². The number of nitro groups is 1. The molecule has 27 heavy (non-hydrogen) atoms. The van der Waals surface area contributed by atoms with Crippen molar-refractivity contribution in [1.82, 2.24) is 15.5 Å². The van der Waals surface area contributed by atoms with Crippen LogP contribution in [0.1, 0.15) is 24.8 Å². The van der Waals surface area contributed by atoms with E-state index in [4.69, 9.17) is 4.74 Å². The summed E-state index contributed by atoms with van der Waals surface area (Å²) in [7, 11) is 3.48. The molecule has 0 aromatic heterocycles. The number of benzene rings is 1. The molecule has 1 aromatic carbocycles. The fourth-order valence-corrected chi connectivity index (χ4v) is 3.09. The zero-order valence-corrected chi connectivity index (χ0v) is 18.3. The highest BCUT2D eigenvalue weighted by atomic mass is 127. The fraction of sp³-hybridized carbons (Fsp3) is 0.611. The van der Waals surface area contributed by atoms with Gasteiger partial charge in [-0.25, -0.2) is 0 Å². The van der Waals surface area contributed by atoms with Crippen LogP contribution in [0.25, 0.3) is 0 Å². The highest BCUT2D eigenvalue weighted by Gasteiger charge is 2.19. The Hall–Kier alpha value is -1.46. The summed E-state index contributed by atoms with van der Waals surface area (Å²) in [6, 6.07) is 7.04. The molecule has 8 nitrogen and oxygen atoms in total. The number of aliphatic imine (C=N–C) groups is 1. The number of nitrogens with one attached hydrogen (secondary N) is 2. The lowest BCUT2D eigenvalue weighted by Gasteiger charge is -2.33. The van der Waals surface area contributed by atoms with E-state index in [0.717, 1.165) is 57.0 Å². The lowest BCUT2D eigenvalue weighted by molar-refractivity contribution is -0.384. The van der Waals surface area contributed by atoms with Gasteiger partial charge in [-0.3, -0.25) is 15.1 Å². The molecule has 2 rings (SSSR count). The smallest absolute Gasteiger partial charge is 0.269 e. The molecule has 1 aliphatic rings. The fourth-order valence-electron chi connectivity index (χ4n) is 3.09. The van der Waals surface area contributed by atoms with Crippen molar-refractivity contribution in [3.8, 4) is 0 Å². The molecular formula is C18H30IN5O3. The van der Waals surface area contributed by atoms with Crippen LogP contribution in [-0.2, 0) is 11.3 Å². The average molecular weight is 491 g/mol. The number of nitro benzene ring substituents is 1. The summed E-state index contributed by atoms with van der Waals surface area (Å²) < 4.78 is 5.10. The lowest BCUT2D eigenvalue weighted by Crippen LogP contribution is -2.48. The minimum Gasteiger partial charge on any atom is -0.385 e. The van der Waals surface area contributed by atoms with Crippen LogP contribution >= 0.6 is 24.0 Å². The quantitative estimate of drug-likeness (QED) is 0.145. The monoisotopic (exact) mass is 491 g/mol. The first-order valence-electron chi connectivity index (χ1n) is 9.04. The van der Waals surface area contributed by atoms with E-state index in [1.165, 1.54) is 6.07 Å². The summed E-state index contributed by atoms with van der Waals surface area (Å²) in [4.78, 5) is 17.2. The molecule has 1 saturated heterocycles. The van der Waals surface area contributed by atoms with Crippen LogP contribution in [-0.4, -0.2) is 62.2 Å². The van der Waals surface area contributed by atoms with Gasteiger partial charge in [-0.05, 0) is 24.8 Å². The molecule has 0 aliphatic carbocycles. The second kappa shape index (κ2) is 12.8. The topological polar surface area (TPSA) is 92.0 Å². The van der Waals surface area contributed by atoms with E-state index in [9.17, 15) is 10.1 Å². The van der Waals surface area contributed by atoms with Gasteiger partial charge in [-0.1, -0.05) is 12.1 Å². The van der Waals surface area contributed by atoms with Crippen LogP contribution in [0.4, 0.5) is 5.69 Å². The number of rotatable bonds is 8. The SMILES string of the molecule is CN=C(NCc1cccc([N+](=O)[O-])c1)NC1CCN(CCCOC)CC1.I. The maximum atomic E-state index is 10.9. The molecule has 0 atom stereocenters. The first-order valence-corrected chi connectivity index (χ1v) is 9.04. The Bertz CT molecular complexity index is 606. The van der Waals surface area contributed by atoms with Gasteiger partial charge in [0.15, 0.2) is 5.96 Å². The molecule has 0 amide bonds. The molecule has 2 N–H and O–H groups in total. The largest absolute Gasteiger partial charge is 0.385 e. The first-order chi connectivity index (χ1) is 12.6. The number of non-ortho nitro benzene ring substituents is 1. The minimum absolute atomic E-state index is 0. The van der Waals surface area contributed by atoms with Crippen LogP contribution < -0.4 is 10.6 Å². The van der Waals surface area contributed by atoms with Crippen molar-refractivity contribution in [2.75, 3.05) is 40.4 Å². The molecule has 1 heterocycles. The lowest BCUT2D eigenvalue weighted by atomic mass is 10.1. The van der Waals surface area contributed by atoms with E-state index in [1.807, 2.05) is 6.07 Å². The van der Waals surface area contributed by atoms with Crippen LogP contribution in [0.2, 0.25) is 0 Å². The number of likely N-dealkylation sites (tertiary alicyclic amines) is 1. The van der Waals surface area contributed by atoms with Crippen LogP contribution in [0.3, 0.4) is 0 Å². The molecule has 1 aromatic rings. The number of guanidine groups is 1. The van der Waals surface area contributed by atoms with Gasteiger partial charge in [0.25, 0.3) is 5.69 Å². The van der Waals surface area contributed by atoms with Gasteiger partial charge in [0.1, 0.15) is 0 Å². The van der Waals surface area contributed by atoms with Gasteiger partial charge in [-0.2, -0.15) is 0 Å². The maximum absolute atomic E-state index is 10.9. The second-order valence-electron chi connectivity index (χ2n) is 6.46. The Labute approximate surface area is 177 Å². The number of halogens is 1. The number of methoxy groups -OCH3 is 1. The Morgan fingerprint density at radius 3 is 2.78 bits per heavy atom. The minimum atomic E-state index is -0.378. The Morgan fingerprint density at radius 1 is 1.41 bits per heavy atom. The van der Waals surface area contributed by atoms with Crippen molar-refractivity contribution in [3.05, 3.63) is 39.9 Å². The van der Waals surface area contributed by atoms with E-state index in [-0.39, 0.29) is 34.6 Å². The van der Waals surface area contributed by atoms with Crippen LogP contribution in [0, 0.1) is 10.1 Å². The van der Waals surface area contributed by atoms with Crippen molar-refractivity contribution < 1.29 is 9.66 Å². The number of ether oxygens (including phenoxy) is 1. The van der Waals surface area contributed by atoms with Gasteiger partial charge in [0.2, 0.25) is 0 Å². The third-order valence-corrected chi connectivity index (χ3v) is 4.56. The molecule has 9 heteroatoms. The molecule has 0 unspecified atom stereocenters. The second-order valence-corrected chi connectivity index (χ2v) is 6.46. The summed E-state index contributed by atoms with van der Waals surface area (Å²) in [6.07, 6.45) is 3.22. The maximum Gasteiger partial charge on any atom is 0.269 e. The standard InChI is InChI=1S/C18H29N5O3.HI/c1-19-18(20-14-15-5-3-6-17(13-15)23(24)25)21-16-7-10-22(11-8-16)9-4-12-26-2;/h3,5-6,13,16H,4,7-12,14H2,1-2H3,(H2,19,20,21);1H. The van der Waals surface area contributed by atoms with E-state index < -0.39 is 0 Å². The summed E-state index contributed by atoms with van der Waals surface area (Å²) in [6.45, 7) is 4.54. The van der Waals surface area contributed by atoms with E-state index in [0.29, 0.717) is 12.6 Å². The number of piperidine rings is 1. The predicted octanol–water partition coefficient (Wildman–Crippen LogP) is 2.38. The third kappa shape index (κ3) is 8.39. The van der Waals surface area contributed by atoms with E-state index in [2.05, 4.69) is 20.5 Å². The summed E-state index contributed by atoms with van der Waals surface area (Å²) in [5, 5.41) is 17.6. The highest BCUT2D eigenvalue weighted by Crippen LogP contribution is 2.13. The van der Waals surface area contributed by atoms with Crippen molar-refractivity contribution in [2.24, 2.45) is 4.99 Å². The van der Waals surface area contributed by atoms with Gasteiger partial charge in [0.05, 0.1) is 4.92 Å². The van der Waals surface area contributed by atoms with Gasteiger partial charge in [-0.15, -0.1) is 24.0 Å². The molecule has 152 valence electrons.